The molecule has 0 spiro atoms. The van der Waals surface area contributed by atoms with Crippen molar-refractivity contribution >= 4 is 25.9 Å². The highest BCUT2D eigenvalue weighted by molar-refractivity contribution is 7.91. The number of aryl methyl sites for hydroxylation is 1. The Morgan fingerprint density at radius 3 is 1.69 bits per heavy atom. The van der Waals surface area contributed by atoms with Crippen LogP contribution in [0.4, 0.5) is 0 Å². The van der Waals surface area contributed by atoms with Gasteiger partial charge in [-0.3, -0.25) is 0 Å². The maximum atomic E-state index is 14.0. The van der Waals surface area contributed by atoms with Crippen LogP contribution in [0.25, 0.3) is 0 Å². The van der Waals surface area contributed by atoms with Crippen molar-refractivity contribution in [3.63, 3.8) is 0 Å². The van der Waals surface area contributed by atoms with E-state index >= 15 is 0 Å². The van der Waals surface area contributed by atoms with Crippen LogP contribution in [0.3, 0.4) is 0 Å². The van der Waals surface area contributed by atoms with Crippen LogP contribution in [-0.4, -0.2) is 27.0 Å². The highest BCUT2D eigenvalue weighted by Gasteiger charge is 2.30. The molecule has 0 aliphatic carbocycles. The van der Waals surface area contributed by atoms with E-state index in [0.29, 0.717) is 5.56 Å². The van der Waals surface area contributed by atoms with E-state index in [2.05, 4.69) is 4.40 Å². The van der Waals surface area contributed by atoms with Gasteiger partial charge in [0.15, 0.2) is 0 Å². The molecule has 0 bridgehead atoms. The van der Waals surface area contributed by atoms with Crippen LogP contribution >= 0.6 is 0 Å². The Bertz CT molecular complexity index is 1540. The Morgan fingerprint density at radius 2 is 1.14 bits per heavy atom. The largest absolute Gasteiger partial charge is 0.283 e. The zero-order chi connectivity index (χ0) is 25.6. The second kappa shape index (κ2) is 10.9. The Kier molecular flexibility index (Phi) is 7.67. The summed E-state index contributed by atoms with van der Waals surface area (Å²) < 4.78 is 59.7. The lowest BCUT2D eigenvalue weighted by Crippen LogP contribution is -2.38. The number of amidine groups is 1. The van der Waals surface area contributed by atoms with Crippen LogP contribution in [-0.2, 0) is 33.0 Å². The summed E-state index contributed by atoms with van der Waals surface area (Å²) in [7, 11) is -8.34. The number of rotatable bonds is 8. The van der Waals surface area contributed by atoms with Gasteiger partial charge in [-0.05, 0) is 42.3 Å². The summed E-state index contributed by atoms with van der Waals surface area (Å²) in [5.41, 5.74) is 2.34. The quantitative estimate of drug-likeness (QED) is 0.237. The highest BCUT2D eigenvalue weighted by Crippen LogP contribution is 2.23. The zero-order valence-electron chi connectivity index (χ0n) is 19.7. The predicted octanol–water partition coefficient (Wildman–Crippen LogP) is 5.22. The normalized spacial score (nSPS) is 12.3. The van der Waals surface area contributed by atoms with Crippen LogP contribution in [0.15, 0.2) is 129 Å². The maximum Gasteiger partial charge on any atom is 0.283 e. The van der Waals surface area contributed by atoms with Crippen molar-refractivity contribution in [2.24, 2.45) is 4.40 Å². The van der Waals surface area contributed by atoms with E-state index in [1.54, 1.807) is 54.6 Å². The highest BCUT2D eigenvalue weighted by atomic mass is 32.2. The van der Waals surface area contributed by atoms with Gasteiger partial charge in [0.05, 0.1) is 16.3 Å². The molecule has 0 aliphatic heterocycles. The van der Waals surface area contributed by atoms with Crippen molar-refractivity contribution in [2.45, 2.75) is 29.7 Å². The third-order valence-corrected chi connectivity index (χ3v) is 8.64. The molecule has 0 aromatic heterocycles. The first-order valence-electron chi connectivity index (χ1n) is 11.3. The Morgan fingerprint density at radius 1 is 0.639 bits per heavy atom. The van der Waals surface area contributed by atoms with Gasteiger partial charge in [-0.15, -0.1) is 4.40 Å². The van der Waals surface area contributed by atoms with Gasteiger partial charge in [-0.25, -0.2) is 12.7 Å². The van der Waals surface area contributed by atoms with Crippen molar-refractivity contribution in [1.82, 2.24) is 4.31 Å². The minimum atomic E-state index is -4.18. The summed E-state index contributed by atoms with van der Waals surface area (Å²) in [5, 5.41) is 0. The van der Waals surface area contributed by atoms with Gasteiger partial charge < -0.3 is 0 Å². The molecule has 0 radical (unpaired) electrons. The molecular formula is C28H26N2O4S2. The topological polar surface area (TPSA) is 83.9 Å². The van der Waals surface area contributed by atoms with E-state index in [1.807, 2.05) is 43.3 Å². The first kappa shape index (κ1) is 25.3. The number of benzene rings is 4. The first-order valence-corrected chi connectivity index (χ1v) is 14.2. The fraction of sp³-hybridized carbons (Fsp3) is 0.107. The average Bonchev–Trinajstić information content (AvgIpc) is 2.89. The van der Waals surface area contributed by atoms with Crippen molar-refractivity contribution in [3.8, 4) is 0 Å². The van der Waals surface area contributed by atoms with Gasteiger partial charge in [0.25, 0.3) is 20.0 Å². The zero-order valence-corrected chi connectivity index (χ0v) is 21.4. The smallest absolute Gasteiger partial charge is 0.248 e. The number of hydrogen-bond acceptors (Lipinski definition) is 4. The van der Waals surface area contributed by atoms with Crippen molar-refractivity contribution < 1.29 is 16.8 Å². The van der Waals surface area contributed by atoms with Crippen LogP contribution in [0, 0.1) is 6.92 Å². The molecule has 0 saturated carbocycles. The lowest BCUT2D eigenvalue weighted by molar-refractivity contribution is 0.515. The molecule has 8 heteroatoms. The number of hydrogen-bond donors (Lipinski definition) is 0. The average molecular weight is 519 g/mol. The molecule has 0 N–H and O–H groups in total. The van der Waals surface area contributed by atoms with Crippen molar-refractivity contribution in [2.75, 3.05) is 0 Å². The molecule has 36 heavy (non-hydrogen) atoms. The van der Waals surface area contributed by atoms with Gasteiger partial charge >= 0.3 is 0 Å². The number of sulfonamides is 2. The Balaban J connectivity index is 1.90. The molecule has 0 atom stereocenters. The van der Waals surface area contributed by atoms with Crippen LogP contribution in [0.5, 0.6) is 0 Å². The van der Waals surface area contributed by atoms with Crippen LogP contribution in [0.2, 0.25) is 0 Å². The van der Waals surface area contributed by atoms with E-state index in [1.165, 1.54) is 24.3 Å². The minimum Gasteiger partial charge on any atom is -0.248 e. The number of nitrogens with zero attached hydrogens (tertiary/aromatic N) is 2. The molecule has 184 valence electrons. The molecule has 6 nitrogen and oxygen atoms in total. The van der Waals surface area contributed by atoms with E-state index in [-0.39, 0.29) is 28.6 Å². The second-order valence-corrected chi connectivity index (χ2v) is 11.7. The minimum absolute atomic E-state index is 0.00479. The fourth-order valence-electron chi connectivity index (χ4n) is 3.63. The lowest BCUT2D eigenvalue weighted by atomic mass is 10.1. The molecule has 0 aliphatic rings. The van der Waals surface area contributed by atoms with Gasteiger partial charge in [-0.2, -0.15) is 8.42 Å². The van der Waals surface area contributed by atoms with Gasteiger partial charge in [0.2, 0.25) is 0 Å². The summed E-state index contributed by atoms with van der Waals surface area (Å²) in [6, 6.07) is 32.4. The summed E-state index contributed by atoms with van der Waals surface area (Å²) >= 11 is 0. The monoisotopic (exact) mass is 518 g/mol. The van der Waals surface area contributed by atoms with E-state index in [4.69, 9.17) is 0 Å². The van der Waals surface area contributed by atoms with Gasteiger partial charge in [0.1, 0.15) is 5.84 Å². The summed E-state index contributed by atoms with van der Waals surface area (Å²) in [4.78, 5) is 0.0462. The molecule has 0 fully saturated rings. The molecule has 4 aromatic rings. The standard InChI is InChI=1S/C28H26N2O4S2/c1-23-17-19-27(20-18-23)36(33,34)30(22-25-13-7-3-8-14-25)28(21-24-11-5-2-6-12-24)29-35(31,32)26-15-9-4-10-16-26/h2-20H,21-22H2,1H3/b29-28-. The fourth-order valence-corrected chi connectivity index (χ4v) is 6.17. The predicted molar refractivity (Wildman–Crippen MR) is 142 cm³/mol. The van der Waals surface area contributed by atoms with Crippen LogP contribution in [0.1, 0.15) is 16.7 Å². The second-order valence-electron chi connectivity index (χ2n) is 8.27. The Labute approximate surface area is 212 Å². The van der Waals surface area contributed by atoms with Crippen molar-refractivity contribution in [1.29, 1.82) is 0 Å². The molecule has 0 saturated heterocycles. The molecular weight excluding hydrogens is 492 g/mol. The lowest BCUT2D eigenvalue weighted by Gasteiger charge is -2.26. The summed E-state index contributed by atoms with van der Waals surface area (Å²) in [6.45, 7) is 1.79. The Hall–Kier alpha value is -3.75. The van der Waals surface area contributed by atoms with Gasteiger partial charge in [0, 0.05) is 6.42 Å². The van der Waals surface area contributed by atoms with Gasteiger partial charge in [-0.1, -0.05) is 96.6 Å². The summed E-state index contributed by atoms with van der Waals surface area (Å²) in [6.07, 6.45) is 0.00479. The molecule has 0 amide bonds. The SMILES string of the molecule is Cc1ccc(S(=O)(=O)N(Cc2ccccc2)/C(Cc2ccccc2)=N\S(=O)(=O)c2ccccc2)cc1. The van der Waals surface area contributed by atoms with Crippen LogP contribution < -0.4 is 0 Å². The van der Waals surface area contributed by atoms with Crippen molar-refractivity contribution in [3.05, 3.63) is 132 Å². The summed E-state index contributed by atoms with van der Waals surface area (Å²) in [5.74, 6) is -0.0884. The maximum absolute atomic E-state index is 14.0. The van der Waals surface area contributed by atoms with E-state index in [9.17, 15) is 16.8 Å². The third-order valence-electron chi connectivity index (χ3n) is 5.54. The molecule has 0 heterocycles. The van der Waals surface area contributed by atoms with E-state index in [0.717, 1.165) is 15.4 Å². The molecule has 0 unspecified atom stereocenters. The molecule has 4 rings (SSSR count). The third kappa shape index (κ3) is 6.08. The first-order chi connectivity index (χ1) is 17.3. The molecule has 4 aromatic carbocycles. The van der Waals surface area contributed by atoms with E-state index < -0.39 is 20.0 Å².